The van der Waals surface area contributed by atoms with Gasteiger partial charge < -0.3 is 57.5 Å². The number of para-hydroxylation sites is 2. The van der Waals surface area contributed by atoms with Gasteiger partial charge in [0, 0.05) is 18.4 Å². The number of aliphatic hydroxyl groups is 4. The lowest BCUT2D eigenvalue weighted by Gasteiger charge is -2.35. The number of ether oxygens (including phenoxy) is 4. The number of nitrogens with one attached hydrogen (secondary N) is 2. The SMILES string of the molecule is C=C1C=CN([C@@H]2O[C@H](COP(=S)(NC(C)CC(=O)OC(C)C)Oc3ccccc3)[C@@H](O)[C@@]2(C)O)C(=O)C1.C=C1C=CN([C@@H]2O[C@H](COP(=S)(NC(Cc3ccccc3)C(=O)OC(C)C)Oc3ccccc3)[C@@H](O)[C@@]2(C)O)C(=O)C1. The third-order valence-corrected chi connectivity index (χ3v) is 17.5. The Morgan fingerprint density at radius 1 is 0.684 bits per heavy atom. The van der Waals surface area contributed by atoms with Crippen molar-refractivity contribution in [2.75, 3.05) is 13.2 Å². The van der Waals surface area contributed by atoms with Gasteiger partial charge in [0.2, 0.25) is 11.8 Å². The van der Waals surface area contributed by atoms with E-state index in [-0.39, 0.29) is 62.9 Å². The van der Waals surface area contributed by atoms with E-state index in [9.17, 15) is 39.6 Å². The fourth-order valence-electron chi connectivity index (χ4n) is 8.58. The second-order valence-corrected chi connectivity index (χ2v) is 26.6. The normalized spacial score (nSPS) is 27.2. The Kier molecular flexibility index (Phi) is 22.1. The second-order valence-electron chi connectivity index (χ2n) is 20.3. The molecule has 2 fully saturated rings. The average molecular weight is 1170 g/mol. The number of carbonyl (C=O) groups is 4. The van der Waals surface area contributed by atoms with E-state index in [1.807, 2.05) is 42.5 Å². The quantitative estimate of drug-likeness (QED) is 0.0446. The van der Waals surface area contributed by atoms with E-state index in [2.05, 4.69) is 23.3 Å². The molecule has 0 radical (unpaired) electrons. The van der Waals surface area contributed by atoms with Gasteiger partial charge in [0.1, 0.15) is 53.2 Å². The largest absolute Gasteiger partial charge is 0.463 e. The molecular formula is C55H72N4O16P2S2. The fourth-order valence-corrected chi connectivity index (χ4v) is 13.4. The van der Waals surface area contributed by atoms with Crippen LogP contribution in [0.1, 0.15) is 73.3 Å². The fraction of sp³-hybridized carbons (Fsp3) is 0.455. The molecule has 24 heteroatoms. The van der Waals surface area contributed by atoms with Crippen LogP contribution in [-0.2, 0) is 77.2 Å². The van der Waals surface area contributed by atoms with Crippen LogP contribution in [0, 0.1) is 0 Å². The summed E-state index contributed by atoms with van der Waals surface area (Å²) < 4.78 is 46.9. The Morgan fingerprint density at radius 2 is 1.09 bits per heavy atom. The van der Waals surface area contributed by atoms with Crippen molar-refractivity contribution in [2.45, 2.75) is 147 Å². The lowest BCUT2D eigenvalue weighted by Crippen LogP contribution is -2.53. The highest BCUT2D eigenvalue weighted by atomic mass is 32.5. The number of allylic oxidation sites excluding steroid dienone is 2. The number of aliphatic hydroxyl groups excluding tert-OH is 2. The molecule has 2 saturated heterocycles. The molecule has 430 valence electrons. The molecule has 12 atom stereocenters. The third kappa shape index (κ3) is 17.5. The van der Waals surface area contributed by atoms with Crippen molar-refractivity contribution >= 4 is 60.7 Å². The Hall–Kier alpha value is -5.00. The molecule has 2 amide bonds. The van der Waals surface area contributed by atoms with E-state index in [0.717, 1.165) is 5.56 Å². The second kappa shape index (κ2) is 27.6. The summed E-state index contributed by atoms with van der Waals surface area (Å²) in [6, 6.07) is 25.6. The van der Waals surface area contributed by atoms with Crippen LogP contribution in [0.3, 0.4) is 0 Å². The minimum Gasteiger partial charge on any atom is -0.463 e. The standard InChI is InChI=1S/C30H37N2O8PS.C25H35N2O8PS/c1-20(2)38-28(35)24(18-22-11-7-5-8-12-22)31-41(42,40-23-13-9-6-10-14-23)37-19-25-27(34)30(4,36)29(39-25)32-16-15-21(3)17-26(32)33;1-16(2)33-22(29)14-18(4)26-36(37,35-19-9-7-6-8-10-19)32-15-20-23(30)25(5,31)24(34-20)27-12-11-17(3)13-21(27)28/h5-16,20,24-25,27,29,34,36H,3,17-19H2,1-2,4H3,(H,31,42);6-12,16,18,20,23-24,30-31H,3,13-15H2,1-2,4-5H3,(H,26,37)/t24?,25-,27-,29-,30-,41?;18?,20-,23-,24-,25-,36?/m11/s1. The van der Waals surface area contributed by atoms with E-state index < -0.39 is 85.4 Å². The van der Waals surface area contributed by atoms with E-state index in [1.165, 1.54) is 36.0 Å². The third-order valence-electron chi connectivity index (χ3n) is 12.5. The highest BCUT2D eigenvalue weighted by Gasteiger charge is 2.57. The van der Waals surface area contributed by atoms with Gasteiger partial charge in [0.05, 0.1) is 44.7 Å². The van der Waals surface area contributed by atoms with E-state index in [0.29, 0.717) is 22.6 Å². The molecular weight excluding hydrogens is 1100 g/mol. The Balaban J connectivity index is 0.000000257. The predicted octanol–water partition coefficient (Wildman–Crippen LogP) is 6.36. The molecule has 4 aliphatic heterocycles. The van der Waals surface area contributed by atoms with Crippen LogP contribution in [-0.4, -0.2) is 140 Å². The Bertz CT molecular complexity index is 2770. The monoisotopic (exact) mass is 1170 g/mol. The van der Waals surface area contributed by atoms with Crippen LogP contribution in [0.25, 0.3) is 0 Å². The number of amides is 2. The van der Waals surface area contributed by atoms with Gasteiger partial charge in [-0.15, -0.1) is 0 Å². The number of hydrogen-bond acceptors (Lipinski definition) is 18. The summed E-state index contributed by atoms with van der Waals surface area (Å²) in [7, 11) is 0. The first kappa shape index (κ1) is 63.2. The first-order valence-corrected chi connectivity index (χ1v) is 30.9. The molecule has 0 bridgehead atoms. The van der Waals surface area contributed by atoms with Crippen LogP contribution in [0.4, 0.5) is 0 Å². The number of rotatable bonds is 23. The minimum absolute atomic E-state index is 0.0338. The maximum Gasteiger partial charge on any atom is 0.324 e. The molecule has 0 saturated carbocycles. The number of benzene rings is 3. The van der Waals surface area contributed by atoms with Crippen LogP contribution in [0.5, 0.6) is 11.5 Å². The zero-order valence-corrected chi connectivity index (χ0v) is 48.6. The zero-order chi connectivity index (χ0) is 57.9. The van der Waals surface area contributed by atoms with Crippen molar-refractivity contribution in [3.8, 4) is 11.5 Å². The molecule has 0 aliphatic carbocycles. The number of nitrogens with zero attached hydrogens (tertiary/aromatic N) is 2. The molecule has 20 nitrogen and oxygen atoms in total. The number of esters is 2. The molecule has 4 heterocycles. The van der Waals surface area contributed by atoms with Gasteiger partial charge in [-0.1, -0.05) is 79.9 Å². The molecule has 0 spiro atoms. The molecule has 0 aromatic heterocycles. The van der Waals surface area contributed by atoms with Crippen LogP contribution < -0.4 is 19.2 Å². The topological polar surface area (TPSA) is 254 Å². The highest BCUT2D eigenvalue weighted by molar-refractivity contribution is 8.09. The van der Waals surface area contributed by atoms with Gasteiger partial charge in [-0.3, -0.25) is 29.0 Å². The van der Waals surface area contributed by atoms with Crippen molar-refractivity contribution in [3.63, 3.8) is 0 Å². The summed E-state index contributed by atoms with van der Waals surface area (Å²) in [4.78, 5) is 53.0. The first-order valence-electron chi connectivity index (χ1n) is 25.6. The average Bonchev–Trinajstić information content (AvgIpc) is 3.81. The smallest absolute Gasteiger partial charge is 0.324 e. The molecule has 6 N–H and O–H groups in total. The lowest BCUT2D eigenvalue weighted by molar-refractivity contribution is -0.156. The molecule has 7 rings (SSSR count). The van der Waals surface area contributed by atoms with Gasteiger partial charge in [-0.25, -0.2) is 10.2 Å². The maximum absolute atomic E-state index is 13.2. The van der Waals surface area contributed by atoms with E-state index in [1.54, 1.807) is 95.3 Å². The van der Waals surface area contributed by atoms with Crippen molar-refractivity contribution in [1.29, 1.82) is 0 Å². The Morgan fingerprint density at radius 3 is 1.49 bits per heavy atom. The van der Waals surface area contributed by atoms with Crippen molar-refractivity contribution < 1.29 is 76.6 Å². The van der Waals surface area contributed by atoms with Crippen LogP contribution >= 0.6 is 13.3 Å². The first-order chi connectivity index (χ1) is 37.2. The van der Waals surface area contributed by atoms with E-state index >= 15 is 0 Å². The van der Waals surface area contributed by atoms with Crippen molar-refractivity contribution in [3.05, 3.63) is 145 Å². The maximum atomic E-state index is 13.2. The lowest BCUT2D eigenvalue weighted by atomic mass is 9.95. The summed E-state index contributed by atoms with van der Waals surface area (Å²) in [6.45, 7) is 11.8. The highest BCUT2D eigenvalue weighted by Crippen LogP contribution is 2.49. The van der Waals surface area contributed by atoms with Crippen molar-refractivity contribution in [1.82, 2.24) is 20.0 Å². The van der Waals surface area contributed by atoms with Gasteiger partial charge in [-0.05, 0) is 132 Å². The van der Waals surface area contributed by atoms with Crippen LogP contribution in [0.15, 0.2) is 140 Å². The number of hydrogen-bond donors (Lipinski definition) is 6. The molecule has 79 heavy (non-hydrogen) atoms. The zero-order valence-electron chi connectivity index (χ0n) is 45.2. The van der Waals surface area contributed by atoms with Gasteiger partial charge in [-0.2, -0.15) is 0 Å². The van der Waals surface area contributed by atoms with E-state index in [4.69, 9.17) is 60.7 Å². The van der Waals surface area contributed by atoms with Gasteiger partial charge >= 0.3 is 25.2 Å². The summed E-state index contributed by atoms with van der Waals surface area (Å²) in [5.41, 5.74) is -1.47. The van der Waals surface area contributed by atoms with Gasteiger partial charge in [0.25, 0.3) is 0 Å². The summed E-state index contributed by atoms with van der Waals surface area (Å²) in [6.07, 6.45) is -1.15. The van der Waals surface area contributed by atoms with Gasteiger partial charge in [0.15, 0.2) is 12.5 Å². The van der Waals surface area contributed by atoms with Crippen LogP contribution in [0.2, 0.25) is 0 Å². The van der Waals surface area contributed by atoms with Crippen molar-refractivity contribution in [2.24, 2.45) is 0 Å². The Labute approximate surface area is 471 Å². The molecule has 3 aromatic carbocycles. The minimum atomic E-state index is -3.52. The summed E-state index contributed by atoms with van der Waals surface area (Å²) in [5.74, 6) is -0.698. The summed E-state index contributed by atoms with van der Waals surface area (Å²) in [5, 5.41) is 50.2. The molecule has 3 aromatic rings. The molecule has 4 aliphatic rings. The molecule has 4 unspecified atom stereocenters. The predicted molar refractivity (Wildman–Crippen MR) is 301 cm³/mol. The number of carbonyl (C=O) groups excluding carboxylic acids is 4. The summed E-state index contributed by atoms with van der Waals surface area (Å²) >= 11 is 11.6.